The predicted octanol–water partition coefficient (Wildman–Crippen LogP) is 2.04. The highest BCUT2D eigenvalue weighted by Crippen LogP contribution is 2.20. The first-order valence-electron chi connectivity index (χ1n) is 6.57. The molecule has 0 bridgehead atoms. The van der Waals surface area contributed by atoms with Crippen molar-refractivity contribution in [3.8, 4) is 0 Å². The third-order valence-electron chi connectivity index (χ3n) is 3.50. The molecule has 4 N–H and O–H groups in total. The Morgan fingerprint density at radius 1 is 1.32 bits per heavy atom. The number of carbonyl (C=O) groups excluding carboxylic acids is 1. The van der Waals surface area contributed by atoms with Gasteiger partial charge >= 0.3 is 0 Å². The Kier molecular flexibility index (Phi) is 4.95. The number of amides is 1. The molecule has 0 aliphatic rings. The van der Waals surface area contributed by atoms with Crippen molar-refractivity contribution in [2.24, 2.45) is 0 Å². The Balaban J connectivity index is 2.60. The zero-order valence-electron chi connectivity index (χ0n) is 12.1. The molecule has 0 spiro atoms. The molecule has 0 heterocycles. The molecule has 0 radical (unpaired) electrons. The van der Waals surface area contributed by atoms with Crippen LogP contribution in [-0.2, 0) is 4.79 Å². The minimum Gasteiger partial charge on any atom is -0.399 e. The summed E-state index contributed by atoms with van der Waals surface area (Å²) < 4.78 is 0. The fourth-order valence-electron chi connectivity index (χ4n) is 1.74. The maximum Gasteiger partial charge on any atom is 0.221 e. The highest BCUT2D eigenvalue weighted by molar-refractivity contribution is 5.77. The number of hydrogen-bond acceptors (Lipinski definition) is 3. The van der Waals surface area contributed by atoms with Gasteiger partial charge in [-0.05, 0) is 44.4 Å². The summed E-state index contributed by atoms with van der Waals surface area (Å²) in [6.07, 6.45) is -0.205. The zero-order chi connectivity index (χ0) is 14.6. The summed E-state index contributed by atoms with van der Waals surface area (Å²) in [7, 11) is 0. The molecule has 0 aliphatic heterocycles. The number of hydrogen-bond donors (Lipinski definition) is 3. The topological polar surface area (TPSA) is 75.3 Å². The minimum absolute atomic E-state index is 0.0600. The van der Waals surface area contributed by atoms with E-state index in [0.717, 1.165) is 11.3 Å². The first-order chi connectivity index (χ1) is 8.72. The van der Waals surface area contributed by atoms with Crippen LogP contribution < -0.4 is 11.1 Å². The third-order valence-corrected chi connectivity index (χ3v) is 3.50. The van der Waals surface area contributed by atoms with E-state index in [-0.39, 0.29) is 11.8 Å². The summed E-state index contributed by atoms with van der Waals surface area (Å²) in [5, 5.41) is 12.4. The fraction of sp³-hybridized carbons (Fsp3) is 0.533. The molecule has 106 valence electrons. The van der Waals surface area contributed by atoms with Crippen molar-refractivity contribution in [2.45, 2.75) is 51.7 Å². The van der Waals surface area contributed by atoms with Gasteiger partial charge in [-0.3, -0.25) is 4.79 Å². The van der Waals surface area contributed by atoms with Gasteiger partial charge in [-0.1, -0.05) is 19.1 Å². The molecule has 4 nitrogen and oxygen atoms in total. The molecule has 0 aromatic heterocycles. The minimum atomic E-state index is -0.613. The largest absolute Gasteiger partial charge is 0.399 e. The molecule has 4 heteroatoms. The average molecular weight is 264 g/mol. The predicted molar refractivity (Wildman–Crippen MR) is 77.8 cm³/mol. The Bertz CT molecular complexity index is 424. The molecule has 1 aromatic rings. The van der Waals surface area contributed by atoms with E-state index < -0.39 is 11.6 Å². The van der Waals surface area contributed by atoms with Gasteiger partial charge in [-0.2, -0.15) is 0 Å². The van der Waals surface area contributed by atoms with E-state index in [9.17, 15) is 9.90 Å². The third kappa shape index (κ3) is 4.56. The van der Waals surface area contributed by atoms with Crippen molar-refractivity contribution in [1.82, 2.24) is 5.32 Å². The van der Waals surface area contributed by atoms with Crippen LogP contribution in [0.3, 0.4) is 0 Å². The molecule has 1 aromatic carbocycles. The summed E-state index contributed by atoms with van der Waals surface area (Å²) in [6.45, 7) is 7.29. The van der Waals surface area contributed by atoms with Crippen LogP contribution in [0.15, 0.2) is 24.3 Å². The number of benzene rings is 1. The van der Waals surface area contributed by atoms with E-state index in [0.29, 0.717) is 6.42 Å². The normalized spacial score (nSPS) is 14.8. The van der Waals surface area contributed by atoms with E-state index >= 15 is 0 Å². The summed E-state index contributed by atoms with van der Waals surface area (Å²) in [6, 6.07) is 7.55. The van der Waals surface area contributed by atoms with E-state index in [4.69, 9.17) is 5.73 Å². The number of anilines is 1. The smallest absolute Gasteiger partial charge is 0.221 e. The maximum absolute atomic E-state index is 12.0. The summed E-state index contributed by atoms with van der Waals surface area (Å²) in [4.78, 5) is 12.0. The van der Waals surface area contributed by atoms with E-state index in [1.54, 1.807) is 6.92 Å². The Labute approximate surface area is 115 Å². The van der Waals surface area contributed by atoms with Gasteiger partial charge < -0.3 is 16.2 Å². The molecule has 2 atom stereocenters. The molecule has 0 aliphatic carbocycles. The Morgan fingerprint density at radius 3 is 2.32 bits per heavy atom. The van der Waals surface area contributed by atoms with Gasteiger partial charge in [-0.15, -0.1) is 0 Å². The molecule has 1 amide bonds. The highest BCUT2D eigenvalue weighted by Gasteiger charge is 2.26. The lowest BCUT2D eigenvalue weighted by Gasteiger charge is -2.30. The van der Waals surface area contributed by atoms with Crippen molar-refractivity contribution >= 4 is 11.6 Å². The van der Waals surface area contributed by atoms with Gasteiger partial charge in [0.25, 0.3) is 0 Å². The van der Waals surface area contributed by atoms with Crippen LogP contribution in [0.1, 0.15) is 45.6 Å². The number of nitrogens with two attached hydrogens (primary N) is 1. The molecule has 0 saturated carbocycles. The van der Waals surface area contributed by atoms with Crippen LogP contribution in [0.25, 0.3) is 0 Å². The quantitative estimate of drug-likeness (QED) is 0.712. The van der Waals surface area contributed by atoms with Crippen LogP contribution in [0.5, 0.6) is 0 Å². The number of aliphatic hydroxyl groups is 1. The van der Waals surface area contributed by atoms with Crippen molar-refractivity contribution < 1.29 is 9.90 Å². The fourth-order valence-corrected chi connectivity index (χ4v) is 1.74. The monoisotopic (exact) mass is 264 g/mol. The summed E-state index contributed by atoms with van der Waals surface area (Å²) >= 11 is 0. The number of nitrogens with one attached hydrogen (secondary N) is 1. The zero-order valence-corrected chi connectivity index (χ0v) is 12.1. The number of aliphatic hydroxyl groups excluding tert-OH is 1. The van der Waals surface area contributed by atoms with Gasteiger partial charge in [0.05, 0.1) is 11.6 Å². The van der Waals surface area contributed by atoms with Crippen LogP contribution in [0.2, 0.25) is 0 Å². The second kappa shape index (κ2) is 6.06. The lowest BCUT2D eigenvalue weighted by Crippen LogP contribution is -2.51. The number of carbonyl (C=O) groups is 1. The Hall–Kier alpha value is -1.55. The molecule has 1 rings (SSSR count). The number of rotatable bonds is 5. The lowest BCUT2D eigenvalue weighted by molar-refractivity contribution is -0.124. The van der Waals surface area contributed by atoms with E-state index in [2.05, 4.69) is 5.32 Å². The van der Waals surface area contributed by atoms with Gasteiger partial charge in [-0.25, -0.2) is 0 Å². The van der Waals surface area contributed by atoms with Gasteiger partial charge in [0.15, 0.2) is 0 Å². The second-order valence-corrected chi connectivity index (χ2v) is 5.72. The molecule has 19 heavy (non-hydrogen) atoms. The van der Waals surface area contributed by atoms with Crippen LogP contribution >= 0.6 is 0 Å². The van der Waals surface area contributed by atoms with Crippen molar-refractivity contribution in [2.75, 3.05) is 5.73 Å². The standard InChI is InChI=1S/C15H24N2O2/c1-10(12-5-7-13(16)8-6-12)9-14(19)17-15(3,4)11(2)18/h5-8,10-11,18H,9,16H2,1-4H3,(H,17,19). The maximum atomic E-state index is 12.0. The summed E-state index contributed by atoms with van der Waals surface area (Å²) in [5.74, 6) is 0.0561. The van der Waals surface area contributed by atoms with E-state index in [1.165, 1.54) is 0 Å². The average Bonchev–Trinajstić information content (AvgIpc) is 2.28. The first kappa shape index (κ1) is 15.5. The molecular weight excluding hydrogens is 240 g/mol. The lowest BCUT2D eigenvalue weighted by atomic mass is 9.95. The number of nitrogen functional groups attached to an aromatic ring is 1. The van der Waals surface area contributed by atoms with Gasteiger partial charge in [0, 0.05) is 12.1 Å². The molecule has 0 saturated heterocycles. The highest BCUT2D eigenvalue weighted by atomic mass is 16.3. The van der Waals surface area contributed by atoms with Crippen molar-refractivity contribution in [3.05, 3.63) is 29.8 Å². The van der Waals surface area contributed by atoms with Crippen LogP contribution in [0.4, 0.5) is 5.69 Å². The van der Waals surface area contributed by atoms with Crippen LogP contribution in [0, 0.1) is 0 Å². The SMILES string of the molecule is CC(CC(=O)NC(C)(C)C(C)O)c1ccc(N)cc1. The van der Waals surface area contributed by atoms with Crippen LogP contribution in [-0.4, -0.2) is 22.7 Å². The summed E-state index contributed by atoms with van der Waals surface area (Å²) in [5.41, 5.74) is 6.83. The van der Waals surface area contributed by atoms with E-state index in [1.807, 2.05) is 45.0 Å². The molecular formula is C15H24N2O2. The van der Waals surface area contributed by atoms with Gasteiger partial charge in [0.1, 0.15) is 0 Å². The molecule has 2 unspecified atom stereocenters. The Morgan fingerprint density at radius 2 is 1.84 bits per heavy atom. The molecule has 0 fully saturated rings. The van der Waals surface area contributed by atoms with Gasteiger partial charge in [0.2, 0.25) is 5.91 Å². The second-order valence-electron chi connectivity index (χ2n) is 5.72. The van der Waals surface area contributed by atoms with Crippen molar-refractivity contribution in [3.63, 3.8) is 0 Å². The first-order valence-corrected chi connectivity index (χ1v) is 6.57. The van der Waals surface area contributed by atoms with Crippen molar-refractivity contribution in [1.29, 1.82) is 0 Å².